The van der Waals surface area contributed by atoms with Gasteiger partial charge < -0.3 is 10.1 Å². The van der Waals surface area contributed by atoms with E-state index in [2.05, 4.69) is 31.3 Å². The molecular weight excluding hydrogens is 400 g/mol. The van der Waals surface area contributed by atoms with Gasteiger partial charge in [0.1, 0.15) is 5.75 Å². The lowest BCUT2D eigenvalue weighted by Gasteiger charge is -2.23. The number of rotatable bonds is 9. The Hall–Kier alpha value is -2.54. The predicted octanol–water partition coefficient (Wildman–Crippen LogP) is 4.04. The minimum Gasteiger partial charge on any atom is -0.497 e. The highest BCUT2D eigenvalue weighted by Crippen LogP contribution is 2.24. The van der Waals surface area contributed by atoms with Gasteiger partial charge in [0.15, 0.2) is 0 Å². The summed E-state index contributed by atoms with van der Waals surface area (Å²) in [6, 6.07) is 11.0. The van der Waals surface area contributed by atoms with Gasteiger partial charge in [-0.3, -0.25) is 9.10 Å². The van der Waals surface area contributed by atoms with E-state index < -0.39 is 10.0 Å². The van der Waals surface area contributed by atoms with Crippen molar-refractivity contribution in [2.45, 2.75) is 46.6 Å². The van der Waals surface area contributed by atoms with Crippen LogP contribution in [0.25, 0.3) is 0 Å². The summed E-state index contributed by atoms with van der Waals surface area (Å²) in [5.74, 6) is 0.482. The Morgan fingerprint density at radius 2 is 1.77 bits per heavy atom. The normalized spacial score (nSPS) is 12.3. The molecule has 2 aromatic rings. The number of carbonyl (C=O) groups excluding carboxylic acids is 1. The van der Waals surface area contributed by atoms with E-state index in [0.29, 0.717) is 17.9 Å². The zero-order chi connectivity index (χ0) is 22.5. The number of benzene rings is 2. The maximum absolute atomic E-state index is 12.5. The molecular formula is C23H32N2O4S. The molecule has 0 bridgehead atoms. The Morgan fingerprint density at radius 1 is 1.10 bits per heavy atom. The maximum Gasteiger partial charge on any atom is 0.232 e. The van der Waals surface area contributed by atoms with Crippen molar-refractivity contribution in [1.29, 1.82) is 0 Å². The van der Waals surface area contributed by atoms with Crippen LogP contribution in [0.5, 0.6) is 5.75 Å². The van der Waals surface area contributed by atoms with Crippen molar-refractivity contribution in [1.82, 2.24) is 5.32 Å². The highest BCUT2D eigenvalue weighted by molar-refractivity contribution is 7.92. The first-order chi connectivity index (χ1) is 14.0. The number of methoxy groups -OCH3 is 1. The van der Waals surface area contributed by atoms with E-state index >= 15 is 0 Å². The van der Waals surface area contributed by atoms with Crippen molar-refractivity contribution in [3.63, 3.8) is 0 Å². The summed E-state index contributed by atoms with van der Waals surface area (Å²) < 4.78 is 31.0. The SMILES string of the molecule is COc1cccc(N(CCCC(=O)NC(C)c2cc(C)c(C)cc2C)S(C)(=O)=O)c1. The van der Waals surface area contributed by atoms with Crippen LogP contribution in [0, 0.1) is 20.8 Å². The van der Waals surface area contributed by atoms with Crippen LogP contribution < -0.4 is 14.4 Å². The molecule has 0 saturated heterocycles. The number of aryl methyl sites for hydroxylation is 3. The van der Waals surface area contributed by atoms with Crippen molar-refractivity contribution in [2.24, 2.45) is 0 Å². The van der Waals surface area contributed by atoms with Crippen LogP contribution in [0.1, 0.15) is 48.1 Å². The van der Waals surface area contributed by atoms with Crippen LogP contribution in [0.2, 0.25) is 0 Å². The lowest BCUT2D eigenvalue weighted by atomic mass is 9.96. The zero-order valence-corrected chi connectivity index (χ0v) is 19.5. The van der Waals surface area contributed by atoms with Crippen LogP contribution in [-0.2, 0) is 14.8 Å². The molecule has 1 unspecified atom stereocenters. The number of nitrogens with zero attached hydrogens (tertiary/aromatic N) is 1. The molecule has 2 rings (SSSR count). The molecule has 6 nitrogen and oxygen atoms in total. The smallest absolute Gasteiger partial charge is 0.232 e. The third-order valence-electron chi connectivity index (χ3n) is 5.23. The Balaban J connectivity index is 2.00. The summed E-state index contributed by atoms with van der Waals surface area (Å²) in [6.07, 6.45) is 1.82. The number of hydrogen-bond acceptors (Lipinski definition) is 4. The van der Waals surface area contributed by atoms with E-state index in [-0.39, 0.29) is 24.9 Å². The van der Waals surface area contributed by atoms with Crippen molar-refractivity contribution < 1.29 is 17.9 Å². The Labute approximate surface area is 180 Å². The first kappa shape index (κ1) is 23.7. The van der Waals surface area contributed by atoms with E-state index in [9.17, 15) is 13.2 Å². The molecule has 0 aromatic heterocycles. The molecule has 0 radical (unpaired) electrons. The predicted molar refractivity (Wildman–Crippen MR) is 122 cm³/mol. The van der Waals surface area contributed by atoms with E-state index in [4.69, 9.17) is 4.74 Å². The molecule has 0 heterocycles. The average Bonchev–Trinajstić information content (AvgIpc) is 2.67. The highest BCUT2D eigenvalue weighted by atomic mass is 32.2. The van der Waals surface area contributed by atoms with Crippen molar-refractivity contribution in [2.75, 3.05) is 24.2 Å². The summed E-state index contributed by atoms with van der Waals surface area (Å²) in [6.45, 7) is 8.36. The fourth-order valence-corrected chi connectivity index (χ4v) is 4.43. The van der Waals surface area contributed by atoms with Crippen molar-refractivity contribution in [3.8, 4) is 5.75 Å². The van der Waals surface area contributed by atoms with Gasteiger partial charge >= 0.3 is 0 Å². The molecule has 0 saturated carbocycles. The zero-order valence-electron chi connectivity index (χ0n) is 18.7. The molecule has 0 aliphatic heterocycles. The molecule has 0 spiro atoms. The van der Waals surface area contributed by atoms with Crippen LogP contribution >= 0.6 is 0 Å². The number of amides is 1. The highest BCUT2D eigenvalue weighted by Gasteiger charge is 2.19. The minimum atomic E-state index is -3.48. The van der Waals surface area contributed by atoms with Gasteiger partial charge in [0.25, 0.3) is 0 Å². The molecule has 0 fully saturated rings. The quantitative estimate of drug-likeness (QED) is 0.649. The average molecular weight is 433 g/mol. The van der Waals surface area contributed by atoms with Gasteiger partial charge in [0.2, 0.25) is 15.9 Å². The van der Waals surface area contributed by atoms with Crippen LogP contribution in [-0.4, -0.2) is 34.2 Å². The second-order valence-electron chi connectivity index (χ2n) is 7.72. The minimum absolute atomic E-state index is 0.0979. The molecule has 7 heteroatoms. The van der Waals surface area contributed by atoms with Crippen LogP contribution in [0.3, 0.4) is 0 Å². The van der Waals surface area contributed by atoms with Gasteiger partial charge in [-0.2, -0.15) is 0 Å². The molecule has 1 amide bonds. The number of nitrogens with one attached hydrogen (secondary N) is 1. The van der Waals surface area contributed by atoms with Crippen molar-refractivity contribution in [3.05, 3.63) is 58.7 Å². The fourth-order valence-electron chi connectivity index (χ4n) is 3.48. The Kier molecular flexibility index (Phi) is 7.89. The maximum atomic E-state index is 12.5. The number of ether oxygens (including phenoxy) is 1. The van der Waals surface area contributed by atoms with Gasteiger partial charge in [0, 0.05) is 19.0 Å². The summed E-state index contributed by atoms with van der Waals surface area (Å²) in [5, 5.41) is 3.03. The molecule has 0 aliphatic rings. The van der Waals surface area contributed by atoms with E-state index in [1.165, 1.54) is 22.5 Å². The largest absolute Gasteiger partial charge is 0.497 e. The third kappa shape index (κ3) is 6.23. The Bertz CT molecular complexity index is 1000. The van der Waals surface area contributed by atoms with Crippen molar-refractivity contribution >= 4 is 21.6 Å². The molecule has 164 valence electrons. The first-order valence-electron chi connectivity index (χ1n) is 10.0. The standard InChI is InChI=1S/C23H32N2O4S/c1-16-13-18(3)22(14-17(16)2)19(4)24-23(26)11-8-12-25(30(6,27)28)20-9-7-10-21(15-20)29-5/h7,9-10,13-15,19H,8,11-12H2,1-6H3,(H,24,26). The number of anilines is 1. The van der Waals surface area contributed by atoms with Crippen LogP contribution in [0.15, 0.2) is 36.4 Å². The second-order valence-corrected chi connectivity index (χ2v) is 9.63. The van der Waals surface area contributed by atoms with Gasteiger partial charge in [-0.15, -0.1) is 0 Å². The molecule has 30 heavy (non-hydrogen) atoms. The van der Waals surface area contributed by atoms with E-state index in [0.717, 1.165) is 17.4 Å². The number of hydrogen-bond donors (Lipinski definition) is 1. The first-order valence-corrected chi connectivity index (χ1v) is 11.9. The lowest BCUT2D eigenvalue weighted by Crippen LogP contribution is -2.32. The third-order valence-corrected chi connectivity index (χ3v) is 6.43. The number of carbonyl (C=O) groups is 1. The van der Waals surface area contributed by atoms with Gasteiger partial charge in [-0.1, -0.05) is 18.2 Å². The Morgan fingerprint density at radius 3 is 2.40 bits per heavy atom. The molecule has 2 aromatic carbocycles. The summed E-state index contributed by atoms with van der Waals surface area (Å²) in [5.41, 5.74) is 5.19. The topological polar surface area (TPSA) is 75.7 Å². The lowest BCUT2D eigenvalue weighted by molar-refractivity contribution is -0.121. The van der Waals surface area contributed by atoms with Gasteiger partial charge in [-0.25, -0.2) is 8.42 Å². The molecule has 1 atom stereocenters. The monoisotopic (exact) mass is 432 g/mol. The molecule has 0 aliphatic carbocycles. The fraction of sp³-hybridized carbons (Fsp3) is 0.435. The second kappa shape index (κ2) is 9.98. The summed E-state index contributed by atoms with van der Waals surface area (Å²) >= 11 is 0. The van der Waals surface area contributed by atoms with E-state index in [1.54, 1.807) is 24.3 Å². The summed E-state index contributed by atoms with van der Waals surface area (Å²) in [4.78, 5) is 12.5. The van der Waals surface area contributed by atoms with E-state index in [1.807, 2.05) is 13.8 Å². The van der Waals surface area contributed by atoms with Crippen LogP contribution in [0.4, 0.5) is 5.69 Å². The summed E-state index contributed by atoms with van der Waals surface area (Å²) in [7, 11) is -1.94. The molecule has 1 N–H and O–H groups in total. The van der Waals surface area contributed by atoms with Gasteiger partial charge in [-0.05, 0) is 68.5 Å². The number of sulfonamides is 1. The van der Waals surface area contributed by atoms with Gasteiger partial charge in [0.05, 0.1) is 25.1 Å².